The molecule has 0 saturated carbocycles. The summed E-state index contributed by atoms with van der Waals surface area (Å²) in [5.41, 5.74) is 4.17. The first-order chi connectivity index (χ1) is 14.5. The number of carbonyl (C=O) groups excluding carboxylic acids is 1. The van der Waals surface area contributed by atoms with E-state index in [0.29, 0.717) is 18.0 Å². The summed E-state index contributed by atoms with van der Waals surface area (Å²) in [7, 11) is -0.707. The fraction of sp³-hybridized carbons (Fsp3) is 0.136. The molecule has 0 unspecified atom stereocenters. The number of carbonyl (C=O) groups is 1. The SMILES string of the molecule is CNc1ccc2[nH]c(C(=O)N3CCc4c3cc(OP(O)O)c3ccccc43)cc2c1. The van der Waals surface area contributed by atoms with Gasteiger partial charge in [0.05, 0.1) is 5.69 Å². The molecule has 0 fully saturated rings. The molecule has 1 aliphatic heterocycles. The molecule has 7 nitrogen and oxygen atoms in total. The molecule has 4 N–H and O–H groups in total. The average molecular weight is 421 g/mol. The molecule has 1 aliphatic rings. The highest BCUT2D eigenvalue weighted by Crippen LogP contribution is 2.43. The van der Waals surface area contributed by atoms with Gasteiger partial charge < -0.3 is 29.5 Å². The molecule has 1 amide bonds. The Morgan fingerprint density at radius 3 is 2.70 bits per heavy atom. The van der Waals surface area contributed by atoms with Crippen LogP contribution < -0.4 is 14.7 Å². The maximum atomic E-state index is 13.3. The van der Waals surface area contributed by atoms with E-state index >= 15 is 0 Å². The van der Waals surface area contributed by atoms with Crippen molar-refractivity contribution >= 4 is 47.6 Å². The number of hydrogen-bond acceptors (Lipinski definition) is 5. The molecule has 0 saturated heterocycles. The molecule has 152 valence electrons. The third-order valence-corrected chi connectivity index (χ3v) is 5.90. The fourth-order valence-electron chi connectivity index (χ4n) is 4.16. The van der Waals surface area contributed by atoms with E-state index in [4.69, 9.17) is 4.52 Å². The van der Waals surface area contributed by atoms with Crippen molar-refractivity contribution in [2.24, 2.45) is 0 Å². The molecule has 3 aromatic carbocycles. The Bertz CT molecular complexity index is 1280. The summed E-state index contributed by atoms with van der Waals surface area (Å²) >= 11 is 0. The van der Waals surface area contributed by atoms with Gasteiger partial charge in [-0.15, -0.1) is 0 Å². The van der Waals surface area contributed by atoms with Crippen LogP contribution in [-0.2, 0) is 6.42 Å². The normalized spacial score (nSPS) is 13.3. The summed E-state index contributed by atoms with van der Waals surface area (Å²) in [6.07, 6.45) is 0.721. The van der Waals surface area contributed by atoms with Crippen molar-refractivity contribution in [1.29, 1.82) is 0 Å². The first-order valence-electron chi connectivity index (χ1n) is 9.58. The van der Waals surface area contributed by atoms with Crippen molar-refractivity contribution in [1.82, 2.24) is 4.98 Å². The number of nitrogens with one attached hydrogen (secondary N) is 2. The van der Waals surface area contributed by atoms with Crippen molar-refractivity contribution in [3.05, 3.63) is 65.9 Å². The van der Waals surface area contributed by atoms with Crippen LogP contribution in [0.4, 0.5) is 11.4 Å². The van der Waals surface area contributed by atoms with Gasteiger partial charge in [0.1, 0.15) is 11.4 Å². The van der Waals surface area contributed by atoms with Crippen LogP contribution in [0.2, 0.25) is 0 Å². The number of nitrogens with zero attached hydrogens (tertiary/aromatic N) is 1. The van der Waals surface area contributed by atoms with Crippen molar-refractivity contribution in [3.63, 3.8) is 0 Å². The lowest BCUT2D eigenvalue weighted by molar-refractivity contribution is 0.0985. The van der Waals surface area contributed by atoms with Crippen LogP contribution in [0.25, 0.3) is 21.7 Å². The summed E-state index contributed by atoms with van der Waals surface area (Å²) < 4.78 is 5.28. The molecule has 1 aromatic heterocycles. The smallest absolute Gasteiger partial charge is 0.391 e. The molecule has 0 spiro atoms. The lowest BCUT2D eigenvalue weighted by Crippen LogP contribution is -2.29. The summed E-state index contributed by atoms with van der Waals surface area (Å²) in [6.45, 7) is 0.547. The van der Waals surface area contributed by atoms with Gasteiger partial charge in [0.2, 0.25) is 0 Å². The second-order valence-corrected chi connectivity index (χ2v) is 7.89. The molecule has 30 heavy (non-hydrogen) atoms. The highest BCUT2D eigenvalue weighted by Gasteiger charge is 2.29. The Morgan fingerprint density at radius 1 is 1.13 bits per heavy atom. The second-order valence-electron chi connectivity index (χ2n) is 7.20. The van der Waals surface area contributed by atoms with Gasteiger partial charge in [-0.25, -0.2) is 0 Å². The number of aromatic amines is 1. The summed E-state index contributed by atoms with van der Waals surface area (Å²) in [4.78, 5) is 37.1. The van der Waals surface area contributed by atoms with E-state index < -0.39 is 8.60 Å². The molecule has 5 rings (SSSR count). The Labute approximate surface area is 173 Å². The molecule has 0 atom stereocenters. The molecule has 4 aromatic rings. The zero-order valence-electron chi connectivity index (χ0n) is 16.2. The number of amides is 1. The predicted octanol–water partition coefficient (Wildman–Crippen LogP) is 4.16. The third kappa shape index (κ3) is 3.08. The van der Waals surface area contributed by atoms with Gasteiger partial charge in [-0.1, -0.05) is 24.3 Å². The maximum Gasteiger partial charge on any atom is 0.391 e. The molecular formula is C22H20N3O4P. The predicted molar refractivity (Wildman–Crippen MR) is 119 cm³/mol. The van der Waals surface area contributed by atoms with Crippen LogP contribution in [0.1, 0.15) is 16.1 Å². The van der Waals surface area contributed by atoms with E-state index in [-0.39, 0.29) is 5.91 Å². The van der Waals surface area contributed by atoms with E-state index in [1.807, 2.05) is 55.6 Å². The Morgan fingerprint density at radius 2 is 1.93 bits per heavy atom. The van der Waals surface area contributed by atoms with Gasteiger partial charge in [-0.05, 0) is 41.6 Å². The summed E-state index contributed by atoms with van der Waals surface area (Å²) in [5.74, 6) is 0.225. The number of aromatic nitrogens is 1. The molecule has 0 radical (unpaired) electrons. The number of H-pyrrole nitrogens is 1. The first-order valence-corrected chi connectivity index (χ1v) is 10.7. The van der Waals surface area contributed by atoms with E-state index in [0.717, 1.165) is 45.0 Å². The van der Waals surface area contributed by atoms with E-state index in [1.54, 1.807) is 11.0 Å². The van der Waals surface area contributed by atoms with Crippen molar-refractivity contribution in [3.8, 4) is 5.75 Å². The highest BCUT2D eigenvalue weighted by molar-refractivity contribution is 7.39. The van der Waals surface area contributed by atoms with E-state index in [9.17, 15) is 14.6 Å². The third-order valence-electron chi connectivity index (χ3n) is 5.54. The van der Waals surface area contributed by atoms with Gasteiger partial charge in [0, 0.05) is 41.6 Å². The van der Waals surface area contributed by atoms with Crippen LogP contribution in [0, 0.1) is 0 Å². The minimum absolute atomic E-state index is 0.132. The number of benzene rings is 3. The van der Waals surface area contributed by atoms with Gasteiger partial charge in [0.25, 0.3) is 5.91 Å². The lowest BCUT2D eigenvalue weighted by Gasteiger charge is -2.19. The summed E-state index contributed by atoms with van der Waals surface area (Å²) in [6, 6.07) is 17.1. The number of fused-ring (bicyclic) bond motifs is 4. The fourth-order valence-corrected chi connectivity index (χ4v) is 4.49. The molecule has 8 heteroatoms. The minimum atomic E-state index is -2.56. The molecule has 0 bridgehead atoms. The Hall–Kier alpha value is -3.12. The average Bonchev–Trinajstić information content (AvgIpc) is 3.36. The van der Waals surface area contributed by atoms with Crippen molar-refractivity contribution < 1.29 is 19.1 Å². The second kappa shape index (κ2) is 7.29. The van der Waals surface area contributed by atoms with E-state index in [1.165, 1.54) is 0 Å². The van der Waals surface area contributed by atoms with Crippen LogP contribution in [0.15, 0.2) is 54.6 Å². The number of rotatable bonds is 4. The largest absolute Gasteiger partial charge is 0.426 e. The highest BCUT2D eigenvalue weighted by atomic mass is 31.2. The Kier molecular flexibility index (Phi) is 4.59. The number of hydrogen-bond donors (Lipinski definition) is 4. The lowest BCUT2D eigenvalue weighted by atomic mass is 10.0. The molecular weight excluding hydrogens is 401 g/mol. The monoisotopic (exact) mass is 421 g/mol. The Balaban J connectivity index is 1.58. The van der Waals surface area contributed by atoms with Crippen LogP contribution >= 0.6 is 8.60 Å². The zero-order valence-corrected chi connectivity index (χ0v) is 17.1. The zero-order chi connectivity index (χ0) is 20.8. The molecule has 0 aliphatic carbocycles. The van der Waals surface area contributed by atoms with E-state index in [2.05, 4.69) is 10.3 Å². The van der Waals surface area contributed by atoms with Crippen LogP contribution in [-0.4, -0.2) is 34.3 Å². The van der Waals surface area contributed by atoms with Gasteiger partial charge in [-0.2, -0.15) is 0 Å². The summed E-state index contributed by atoms with van der Waals surface area (Å²) in [5, 5.41) is 5.81. The quantitative estimate of drug-likeness (QED) is 0.371. The van der Waals surface area contributed by atoms with Gasteiger partial charge >= 0.3 is 8.60 Å². The van der Waals surface area contributed by atoms with Gasteiger partial charge in [-0.3, -0.25) is 4.79 Å². The maximum absolute atomic E-state index is 13.3. The van der Waals surface area contributed by atoms with Gasteiger partial charge in [0.15, 0.2) is 0 Å². The van der Waals surface area contributed by atoms with Crippen molar-refractivity contribution in [2.45, 2.75) is 6.42 Å². The van der Waals surface area contributed by atoms with Crippen molar-refractivity contribution in [2.75, 3.05) is 23.8 Å². The van der Waals surface area contributed by atoms with Crippen LogP contribution in [0.3, 0.4) is 0 Å². The molecule has 2 heterocycles. The topological polar surface area (TPSA) is 97.8 Å². The standard InChI is InChI=1S/C22H20N3O4P/c1-23-14-6-7-18-13(10-14)11-19(24-18)22(26)25-9-8-16-15-4-2-3-5-17(15)21(12-20(16)25)29-30(27)28/h2-7,10-12,23-24,27-28H,8-9H2,1H3. The first kappa shape index (κ1) is 18.9. The number of anilines is 2. The van der Waals surface area contributed by atoms with Crippen LogP contribution in [0.5, 0.6) is 5.75 Å². The minimum Gasteiger partial charge on any atom is -0.426 e.